The van der Waals surface area contributed by atoms with Gasteiger partial charge in [-0.3, -0.25) is 19.3 Å². The van der Waals surface area contributed by atoms with Crippen LogP contribution >= 0.6 is 15.9 Å². The third kappa shape index (κ3) is 3.29. The Morgan fingerprint density at radius 2 is 1.83 bits per heavy atom. The van der Waals surface area contributed by atoms with Gasteiger partial charge in [-0.2, -0.15) is 0 Å². The first-order chi connectivity index (χ1) is 11.5. The maximum absolute atomic E-state index is 12.3. The molecule has 1 aromatic rings. The van der Waals surface area contributed by atoms with Gasteiger partial charge in [0.25, 0.3) is 0 Å². The lowest BCUT2D eigenvalue weighted by molar-refractivity contribution is -0.140. The van der Waals surface area contributed by atoms with E-state index in [0.29, 0.717) is 18.5 Å². The second-order valence-corrected chi connectivity index (χ2v) is 7.10. The summed E-state index contributed by atoms with van der Waals surface area (Å²) in [6, 6.07) is 5.55. The van der Waals surface area contributed by atoms with Crippen molar-refractivity contribution in [3.63, 3.8) is 0 Å². The molecule has 1 fully saturated rings. The van der Waals surface area contributed by atoms with Gasteiger partial charge in [0.2, 0.25) is 17.7 Å². The van der Waals surface area contributed by atoms with Crippen molar-refractivity contribution in [2.45, 2.75) is 26.2 Å². The Hall–Kier alpha value is -1.95. The fraction of sp³-hybridized carbons (Fsp3) is 0.389. The van der Waals surface area contributed by atoms with Crippen molar-refractivity contribution in [2.24, 2.45) is 11.8 Å². The van der Waals surface area contributed by atoms with Crippen LogP contribution in [0, 0.1) is 18.8 Å². The standard InChI is InChI=1S/C18H19BrN2O3/c1-11-10-12(6-7-15(11)19)20-16(22)8-9-21-17(23)13-4-2-3-5-14(13)18(21)24/h2-3,6-7,10,13-14H,4-5,8-9H2,1H3,(H,20,22)/t13-,14-/m1/s1. The molecule has 1 aliphatic heterocycles. The lowest BCUT2D eigenvalue weighted by atomic mass is 9.85. The average Bonchev–Trinajstić information content (AvgIpc) is 2.81. The number of nitrogens with zero attached hydrogens (tertiary/aromatic N) is 1. The average molecular weight is 391 g/mol. The van der Waals surface area contributed by atoms with Gasteiger partial charge in [0, 0.05) is 23.1 Å². The maximum Gasteiger partial charge on any atom is 0.233 e. The van der Waals surface area contributed by atoms with E-state index in [2.05, 4.69) is 21.2 Å². The summed E-state index contributed by atoms with van der Waals surface area (Å²) in [5.41, 5.74) is 1.73. The van der Waals surface area contributed by atoms with E-state index < -0.39 is 0 Å². The van der Waals surface area contributed by atoms with E-state index in [1.54, 1.807) is 6.07 Å². The number of aryl methyl sites for hydroxylation is 1. The molecule has 5 nitrogen and oxygen atoms in total. The van der Waals surface area contributed by atoms with E-state index >= 15 is 0 Å². The first kappa shape index (κ1) is 16.9. The van der Waals surface area contributed by atoms with Crippen LogP contribution in [-0.4, -0.2) is 29.2 Å². The van der Waals surface area contributed by atoms with Gasteiger partial charge in [0.15, 0.2) is 0 Å². The minimum absolute atomic E-state index is 0.111. The van der Waals surface area contributed by atoms with Crippen molar-refractivity contribution >= 4 is 39.3 Å². The third-order valence-electron chi connectivity index (χ3n) is 4.60. The summed E-state index contributed by atoms with van der Waals surface area (Å²) in [5.74, 6) is -0.951. The topological polar surface area (TPSA) is 66.5 Å². The van der Waals surface area contributed by atoms with Gasteiger partial charge in [-0.25, -0.2) is 0 Å². The Morgan fingerprint density at radius 3 is 2.42 bits per heavy atom. The van der Waals surface area contributed by atoms with Gasteiger partial charge < -0.3 is 5.32 Å². The molecule has 0 aromatic heterocycles. The highest BCUT2D eigenvalue weighted by atomic mass is 79.9. The predicted octanol–water partition coefficient (Wildman–Crippen LogP) is 3.04. The summed E-state index contributed by atoms with van der Waals surface area (Å²) in [4.78, 5) is 38.0. The van der Waals surface area contributed by atoms with Crippen molar-refractivity contribution in [1.29, 1.82) is 0 Å². The van der Waals surface area contributed by atoms with Gasteiger partial charge in [-0.05, 0) is 43.5 Å². The number of fused-ring (bicyclic) bond motifs is 1. The van der Waals surface area contributed by atoms with Crippen LogP contribution in [0.2, 0.25) is 0 Å². The van der Waals surface area contributed by atoms with Crippen molar-refractivity contribution < 1.29 is 14.4 Å². The highest BCUT2D eigenvalue weighted by Gasteiger charge is 2.46. The molecule has 0 radical (unpaired) electrons. The monoisotopic (exact) mass is 390 g/mol. The molecule has 3 rings (SSSR count). The van der Waals surface area contributed by atoms with Crippen LogP contribution in [0.5, 0.6) is 0 Å². The van der Waals surface area contributed by atoms with Crippen LogP contribution in [0.25, 0.3) is 0 Å². The second-order valence-electron chi connectivity index (χ2n) is 6.25. The van der Waals surface area contributed by atoms with Crippen LogP contribution < -0.4 is 5.32 Å². The molecule has 0 spiro atoms. The number of hydrogen-bond donors (Lipinski definition) is 1. The molecule has 1 aromatic carbocycles. The van der Waals surface area contributed by atoms with Crippen molar-refractivity contribution in [2.75, 3.05) is 11.9 Å². The van der Waals surface area contributed by atoms with Crippen LogP contribution in [0.15, 0.2) is 34.8 Å². The fourth-order valence-electron chi connectivity index (χ4n) is 3.25. The SMILES string of the molecule is Cc1cc(NC(=O)CCN2C(=O)[C@@H]3CC=CC[C@H]3C2=O)ccc1Br. The van der Waals surface area contributed by atoms with Gasteiger partial charge in [0.1, 0.15) is 0 Å². The highest BCUT2D eigenvalue weighted by molar-refractivity contribution is 9.10. The Kier molecular flexibility index (Phi) is 4.85. The molecule has 0 bridgehead atoms. The molecule has 126 valence electrons. The fourth-order valence-corrected chi connectivity index (χ4v) is 3.50. The number of rotatable bonds is 4. The summed E-state index contributed by atoms with van der Waals surface area (Å²) < 4.78 is 0.977. The van der Waals surface area contributed by atoms with E-state index in [1.165, 1.54) is 4.90 Å². The van der Waals surface area contributed by atoms with Gasteiger partial charge in [-0.15, -0.1) is 0 Å². The molecule has 2 atom stereocenters. The van der Waals surface area contributed by atoms with Crippen molar-refractivity contribution in [3.05, 3.63) is 40.4 Å². The molecule has 1 aliphatic carbocycles. The normalized spacial score (nSPS) is 22.7. The summed E-state index contributed by atoms with van der Waals surface area (Å²) in [6.45, 7) is 2.09. The Labute approximate surface area is 149 Å². The summed E-state index contributed by atoms with van der Waals surface area (Å²) in [6.07, 6.45) is 5.27. The lowest BCUT2D eigenvalue weighted by Gasteiger charge is -2.14. The van der Waals surface area contributed by atoms with Gasteiger partial charge >= 0.3 is 0 Å². The Bertz CT molecular complexity index is 703. The molecule has 0 unspecified atom stereocenters. The lowest BCUT2D eigenvalue weighted by Crippen LogP contribution is -2.34. The molecule has 2 aliphatic rings. The number of anilines is 1. The van der Waals surface area contributed by atoms with Crippen molar-refractivity contribution in [1.82, 2.24) is 4.90 Å². The summed E-state index contributed by atoms with van der Waals surface area (Å²) in [5, 5.41) is 2.80. The third-order valence-corrected chi connectivity index (χ3v) is 5.49. The number of nitrogens with one attached hydrogen (secondary N) is 1. The quantitative estimate of drug-likeness (QED) is 0.634. The first-order valence-corrected chi connectivity index (χ1v) is 8.83. The molecule has 1 N–H and O–H groups in total. The number of carbonyl (C=O) groups is 3. The number of carbonyl (C=O) groups excluding carboxylic acids is 3. The Balaban J connectivity index is 1.57. The predicted molar refractivity (Wildman–Crippen MR) is 94.2 cm³/mol. The number of allylic oxidation sites excluding steroid dienone is 2. The first-order valence-electron chi connectivity index (χ1n) is 8.03. The molecular weight excluding hydrogens is 372 g/mol. The number of amides is 3. The molecule has 6 heteroatoms. The molecule has 3 amide bonds. The van der Waals surface area contributed by atoms with Crippen LogP contribution in [0.4, 0.5) is 5.69 Å². The Morgan fingerprint density at radius 1 is 1.21 bits per heavy atom. The minimum Gasteiger partial charge on any atom is -0.326 e. The van der Waals surface area contributed by atoms with Crippen LogP contribution in [-0.2, 0) is 14.4 Å². The summed E-state index contributed by atoms with van der Waals surface area (Å²) in [7, 11) is 0. The van der Waals surface area contributed by atoms with Gasteiger partial charge in [0.05, 0.1) is 11.8 Å². The zero-order valence-electron chi connectivity index (χ0n) is 13.4. The number of imide groups is 1. The van der Waals surface area contributed by atoms with Crippen LogP contribution in [0.3, 0.4) is 0 Å². The molecular formula is C18H19BrN2O3. The number of hydrogen-bond acceptors (Lipinski definition) is 3. The zero-order valence-corrected chi connectivity index (χ0v) is 15.0. The number of likely N-dealkylation sites (tertiary alicyclic amines) is 1. The summed E-state index contributed by atoms with van der Waals surface area (Å²) >= 11 is 3.41. The smallest absolute Gasteiger partial charge is 0.233 e. The van der Waals surface area contributed by atoms with E-state index in [9.17, 15) is 14.4 Å². The van der Waals surface area contributed by atoms with E-state index in [0.717, 1.165) is 10.0 Å². The molecule has 1 saturated heterocycles. The number of benzene rings is 1. The zero-order chi connectivity index (χ0) is 17.3. The minimum atomic E-state index is -0.236. The second kappa shape index (κ2) is 6.89. The molecule has 1 heterocycles. The van der Waals surface area contributed by atoms with E-state index in [1.807, 2.05) is 31.2 Å². The molecule has 0 saturated carbocycles. The molecule has 24 heavy (non-hydrogen) atoms. The maximum atomic E-state index is 12.3. The van der Waals surface area contributed by atoms with Crippen LogP contribution in [0.1, 0.15) is 24.8 Å². The largest absolute Gasteiger partial charge is 0.326 e. The van der Waals surface area contributed by atoms with E-state index in [-0.39, 0.29) is 42.5 Å². The van der Waals surface area contributed by atoms with E-state index in [4.69, 9.17) is 0 Å². The van der Waals surface area contributed by atoms with Gasteiger partial charge in [-0.1, -0.05) is 28.1 Å². The highest BCUT2D eigenvalue weighted by Crippen LogP contribution is 2.35. The van der Waals surface area contributed by atoms with Crippen molar-refractivity contribution in [3.8, 4) is 0 Å². The number of halogens is 1.